The number of carbonyl (C=O) groups is 1. The van der Waals surface area contributed by atoms with Gasteiger partial charge in [-0.15, -0.1) is 0 Å². The van der Waals surface area contributed by atoms with Crippen molar-refractivity contribution in [2.45, 2.75) is 0 Å². The molecule has 1 fully saturated rings. The van der Waals surface area contributed by atoms with E-state index in [9.17, 15) is 9.18 Å². The summed E-state index contributed by atoms with van der Waals surface area (Å²) in [6, 6.07) is 15.8. The fourth-order valence-electron chi connectivity index (χ4n) is 2.60. The molecule has 3 aromatic rings. The van der Waals surface area contributed by atoms with Crippen LogP contribution in [0, 0.1) is 5.82 Å². The van der Waals surface area contributed by atoms with Gasteiger partial charge in [0.05, 0.1) is 16.3 Å². The van der Waals surface area contributed by atoms with E-state index >= 15 is 0 Å². The number of aromatic nitrogens is 2. The summed E-state index contributed by atoms with van der Waals surface area (Å²) >= 11 is 6.25. The molecule has 1 saturated heterocycles. The Morgan fingerprint density at radius 3 is 2.50 bits per heavy atom. The number of thioether (sulfide) groups is 1. The highest BCUT2D eigenvalue weighted by molar-refractivity contribution is 8.26. The highest BCUT2D eigenvalue weighted by Gasteiger charge is 2.23. The average Bonchev–Trinajstić information content (AvgIpc) is 3.20. The molecular weight excluding hydrogens is 369 g/mol. The van der Waals surface area contributed by atoms with Gasteiger partial charge in [-0.05, 0) is 42.5 Å². The lowest BCUT2D eigenvalue weighted by Crippen LogP contribution is -2.17. The molecule has 26 heavy (non-hydrogen) atoms. The standard InChI is InChI=1S/C19H12FN3OS2/c20-14-8-6-12(7-9-14)17-13(10-16-18(24)21-19(25)26-16)11-23(22-17)15-4-2-1-3-5-15/h1-11H,(H,21,24,25)/b16-10-. The van der Waals surface area contributed by atoms with Crippen LogP contribution in [0.1, 0.15) is 5.56 Å². The highest BCUT2D eigenvalue weighted by Crippen LogP contribution is 2.30. The minimum absolute atomic E-state index is 0.225. The second-order valence-electron chi connectivity index (χ2n) is 5.57. The average molecular weight is 381 g/mol. The van der Waals surface area contributed by atoms with Crippen LogP contribution in [0.15, 0.2) is 65.7 Å². The molecule has 0 radical (unpaired) electrons. The zero-order chi connectivity index (χ0) is 18.1. The zero-order valence-electron chi connectivity index (χ0n) is 13.3. The van der Waals surface area contributed by atoms with E-state index in [1.54, 1.807) is 22.9 Å². The maximum absolute atomic E-state index is 13.3. The molecule has 1 aromatic heterocycles. The lowest BCUT2D eigenvalue weighted by atomic mass is 10.1. The summed E-state index contributed by atoms with van der Waals surface area (Å²) in [5, 5.41) is 7.24. The van der Waals surface area contributed by atoms with Crippen LogP contribution in [0.5, 0.6) is 0 Å². The quantitative estimate of drug-likeness (QED) is 0.546. The molecule has 0 atom stereocenters. The Morgan fingerprint density at radius 1 is 1.12 bits per heavy atom. The molecule has 0 saturated carbocycles. The van der Waals surface area contributed by atoms with Crippen molar-refractivity contribution in [1.82, 2.24) is 15.1 Å². The van der Waals surface area contributed by atoms with Gasteiger partial charge in [-0.2, -0.15) is 5.10 Å². The van der Waals surface area contributed by atoms with Crippen LogP contribution in [0.3, 0.4) is 0 Å². The number of rotatable bonds is 3. The second-order valence-corrected chi connectivity index (χ2v) is 7.29. The van der Waals surface area contributed by atoms with Gasteiger partial charge in [0.2, 0.25) is 0 Å². The largest absolute Gasteiger partial charge is 0.307 e. The van der Waals surface area contributed by atoms with E-state index < -0.39 is 0 Å². The highest BCUT2D eigenvalue weighted by atomic mass is 32.2. The fourth-order valence-corrected chi connectivity index (χ4v) is 3.64. The van der Waals surface area contributed by atoms with Gasteiger partial charge in [0.15, 0.2) is 0 Å². The Labute approximate surface area is 158 Å². The molecule has 2 aromatic carbocycles. The van der Waals surface area contributed by atoms with Crippen molar-refractivity contribution < 1.29 is 9.18 Å². The maximum atomic E-state index is 13.3. The van der Waals surface area contributed by atoms with Crippen LogP contribution in [0.25, 0.3) is 23.0 Å². The normalized spacial score (nSPS) is 15.5. The Kier molecular flexibility index (Phi) is 4.40. The number of hydrogen-bond acceptors (Lipinski definition) is 4. The van der Waals surface area contributed by atoms with Crippen LogP contribution >= 0.6 is 24.0 Å². The molecule has 2 heterocycles. The molecule has 0 unspecified atom stereocenters. The summed E-state index contributed by atoms with van der Waals surface area (Å²) in [6.45, 7) is 0. The topological polar surface area (TPSA) is 46.9 Å². The molecular formula is C19H12FN3OS2. The number of hydrogen-bond donors (Lipinski definition) is 1. The minimum atomic E-state index is -0.313. The molecule has 4 nitrogen and oxygen atoms in total. The van der Waals surface area contributed by atoms with Crippen molar-refractivity contribution in [3.05, 3.63) is 77.1 Å². The van der Waals surface area contributed by atoms with Crippen LogP contribution in [-0.4, -0.2) is 20.0 Å². The van der Waals surface area contributed by atoms with Crippen molar-refractivity contribution >= 4 is 40.3 Å². The minimum Gasteiger partial charge on any atom is -0.307 e. The third kappa shape index (κ3) is 3.31. The van der Waals surface area contributed by atoms with Gasteiger partial charge in [-0.25, -0.2) is 9.07 Å². The molecule has 0 bridgehead atoms. The predicted molar refractivity (Wildman–Crippen MR) is 105 cm³/mol. The summed E-state index contributed by atoms with van der Waals surface area (Å²) in [5.41, 5.74) is 3.06. The number of benzene rings is 2. The molecule has 1 aliphatic heterocycles. The first kappa shape index (κ1) is 16.7. The monoisotopic (exact) mass is 381 g/mol. The molecule has 7 heteroatoms. The van der Waals surface area contributed by atoms with Crippen molar-refractivity contribution in [2.24, 2.45) is 0 Å². The second kappa shape index (κ2) is 6.86. The van der Waals surface area contributed by atoms with E-state index in [4.69, 9.17) is 12.2 Å². The van der Waals surface area contributed by atoms with E-state index in [0.29, 0.717) is 14.9 Å². The van der Waals surface area contributed by atoms with E-state index in [1.807, 2.05) is 36.5 Å². The SMILES string of the molecule is O=C1NC(=S)S/C1=C\c1cn(-c2ccccc2)nc1-c1ccc(F)cc1. The Balaban J connectivity index is 1.84. The van der Waals surface area contributed by atoms with Gasteiger partial charge in [-0.3, -0.25) is 4.79 Å². The van der Waals surface area contributed by atoms with Crippen LogP contribution < -0.4 is 5.32 Å². The molecule has 0 aliphatic carbocycles. The first-order valence-electron chi connectivity index (χ1n) is 7.76. The number of para-hydroxylation sites is 1. The van der Waals surface area contributed by atoms with Gasteiger partial charge in [0.1, 0.15) is 10.1 Å². The fraction of sp³-hybridized carbons (Fsp3) is 0. The molecule has 1 aliphatic rings. The van der Waals surface area contributed by atoms with E-state index in [2.05, 4.69) is 10.4 Å². The van der Waals surface area contributed by atoms with Crippen LogP contribution in [0.2, 0.25) is 0 Å². The molecule has 1 N–H and O–H groups in total. The van der Waals surface area contributed by atoms with Crippen LogP contribution in [-0.2, 0) is 4.79 Å². The van der Waals surface area contributed by atoms with E-state index in [-0.39, 0.29) is 11.7 Å². The first-order valence-corrected chi connectivity index (χ1v) is 8.98. The summed E-state index contributed by atoms with van der Waals surface area (Å²) in [6.07, 6.45) is 3.60. The molecule has 0 spiro atoms. The lowest BCUT2D eigenvalue weighted by Gasteiger charge is -2.00. The predicted octanol–water partition coefficient (Wildman–Crippen LogP) is 4.17. The van der Waals surface area contributed by atoms with Gasteiger partial charge in [-0.1, -0.05) is 42.2 Å². The Hall–Kier alpha value is -2.77. The number of amides is 1. The zero-order valence-corrected chi connectivity index (χ0v) is 15.0. The first-order chi connectivity index (χ1) is 12.6. The molecule has 4 rings (SSSR count). The number of nitrogens with zero attached hydrogens (tertiary/aromatic N) is 2. The summed E-state index contributed by atoms with van der Waals surface area (Å²) in [4.78, 5) is 12.5. The van der Waals surface area contributed by atoms with Gasteiger partial charge < -0.3 is 5.32 Å². The van der Waals surface area contributed by atoms with Crippen molar-refractivity contribution in [2.75, 3.05) is 0 Å². The third-order valence-corrected chi connectivity index (χ3v) is 4.97. The number of nitrogens with one attached hydrogen (secondary N) is 1. The smallest absolute Gasteiger partial charge is 0.263 e. The number of carbonyl (C=O) groups excluding carboxylic acids is 1. The van der Waals surface area contributed by atoms with Crippen molar-refractivity contribution in [3.63, 3.8) is 0 Å². The Bertz CT molecular complexity index is 1030. The van der Waals surface area contributed by atoms with Crippen LogP contribution in [0.4, 0.5) is 4.39 Å². The van der Waals surface area contributed by atoms with Gasteiger partial charge in [0, 0.05) is 17.3 Å². The van der Waals surface area contributed by atoms with E-state index in [0.717, 1.165) is 16.8 Å². The summed E-state index contributed by atoms with van der Waals surface area (Å²) in [7, 11) is 0. The van der Waals surface area contributed by atoms with Gasteiger partial charge >= 0.3 is 0 Å². The summed E-state index contributed by atoms with van der Waals surface area (Å²) in [5.74, 6) is -0.537. The molecule has 128 valence electrons. The number of halogens is 1. The summed E-state index contributed by atoms with van der Waals surface area (Å²) < 4.78 is 15.5. The van der Waals surface area contributed by atoms with Crippen molar-refractivity contribution in [1.29, 1.82) is 0 Å². The van der Waals surface area contributed by atoms with Gasteiger partial charge in [0.25, 0.3) is 5.91 Å². The maximum Gasteiger partial charge on any atom is 0.263 e. The Morgan fingerprint density at radius 2 is 1.85 bits per heavy atom. The number of thiocarbonyl (C=S) groups is 1. The lowest BCUT2D eigenvalue weighted by molar-refractivity contribution is -0.115. The van der Waals surface area contributed by atoms with Crippen molar-refractivity contribution in [3.8, 4) is 16.9 Å². The molecule has 1 amide bonds. The third-order valence-electron chi connectivity index (χ3n) is 3.81. The van der Waals surface area contributed by atoms with E-state index in [1.165, 1.54) is 23.9 Å².